The first-order valence-electron chi connectivity index (χ1n) is 6.13. The van der Waals surface area contributed by atoms with Crippen molar-refractivity contribution in [1.82, 2.24) is 16.2 Å². The fraction of sp³-hybridized carbons (Fsp3) is 0.143. The fourth-order valence-electron chi connectivity index (χ4n) is 1.56. The van der Waals surface area contributed by atoms with E-state index in [1.54, 1.807) is 11.3 Å². The summed E-state index contributed by atoms with van der Waals surface area (Å²) in [5, 5.41) is 5.36. The molecule has 0 radical (unpaired) electrons. The zero-order chi connectivity index (χ0) is 14.2. The summed E-state index contributed by atoms with van der Waals surface area (Å²) in [5.74, 6) is -0.115. The summed E-state index contributed by atoms with van der Waals surface area (Å²) in [6.45, 7) is 0.619. The molecule has 0 spiro atoms. The number of hydrogen-bond acceptors (Lipinski definition) is 3. The molecule has 0 aliphatic rings. The van der Waals surface area contributed by atoms with Gasteiger partial charge < -0.3 is 5.32 Å². The van der Waals surface area contributed by atoms with E-state index in [2.05, 4.69) is 16.2 Å². The van der Waals surface area contributed by atoms with Gasteiger partial charge in [-0.3, -0.25) is 15.6 Å². The van der Waals surface area contributed by atoms with Crippen molar-refractivity contribution in [3.05, 3.63) is 58.3 Å². The molecule has 1 aromatic carbocycles. The molecule has 6 heteroatoms. The number of hydrazine groups is 1. The first-order valence-corrected chi connectivity index (χ1v) is 7.42. The number of rotatable bonds is 4. The van der Waals surface area contributed by atoms with Crippen LogP contribution in [0.3, 0.4) is 0 Å². The maximum absolute atomic E-state index is 11.6. The van der Waals surface area contributed by atoms with Gasteiger partial charge >= 0.3 is 0 Å². The van der Waals surface area contributed by atoms with Crippen LogP contribution < -0.4 is 16.2 Å². The average molecular weight is 305 g/mol. The second kappa shape index (κ2) is 7.62. The van der Waals surface area contributed by atoms with Crippen LogP contribution in [0.2, 0.25) is 0 Å². The fourth-order valence-corrected chi connectivity index (χ4v) is 2.39. The smallest absolute Gasteiger partial charge is 0.243 e. The van der Waals surface area contributed by atoms with Crippen LogP contribution in [-0.4, -0.2) is 11.0 Å². The first kappa shape index (κ1) is 14.5. The van der Waals surface area contributed by atoms with Gasteiger partial charge in [0, 0.05) is 11.4 Å². The molecule has 104 valence electrons. The number of benzene rings is 1. The highest BCUT2D eigenvalue weighted by Gasteiger charge is 2.04. The molecule has 0 unspecified atom stereocenters. The lowest BCUT2D eigenvalue weighted by molar-refractivity contribution is -0.120. The minimum atomic E-state index is -0.115. The van der Waals surface area contributed by atoms with Gasteiger partial charge in [0.2, 0.25) is 5.91 Å². The van der Waals surface area contributed by atoms with Crippen molar-refractivity contribution in [2.45, 2.75) is 13.0 Å². The molecule has 2 rings (SSSR count). The van der Waals surface area contributed by atoms with Gasteiger partial charge in [0.05, 0.1) is 6.42 Å². The van der Waals surface area contributed by atoms with E-state index in [0.717, 1.165) is 10.4 Å². The number of amides is 1. The van der Waals surface area contributed by atoms with E-state index in [9.17, 15) is 4.79 Å². The molecule has 3 N–H and O–H groups in total. The van der Waals surface area contributed by atoms with Crippen molar-refractivity contribution < 1.29 is 4.79 Å². The van der Waals surface area contributed by atoms with Crippen LogP contribution in [0, 0.1) is 0 Å². The van der Waals surface area contributed by atoms with Crippen molar-refractivity contribution in [3.8, 4) is 0 Å². The lowest BCUT2D eigenvalue weighted by atomic mass is 10.2. The molecule has 1 heterocycles. The highest BCUT2D eigenvalue weighted by atomic mass is 32.1. The third kappa shape index (κ3) is 4.99. The van der Waals surface area contributed by atoms with Gasteiger partial charge in [0.15, 0.2) is 5.11 Å². The van der Waals surface area contributed by atoms with Crippen LogP contribution in [-0.2, 0) is 17.8 Å². The predicted octanol–water partition coefficient (Wildman–Crippen LogP) is 1.99. The van der Waals surface area contributed by atoms with E-state index in [1.807, 2.05) is 47.8 Å². The maximum atomic E-state index is 11.6. The monoisotopic (exact) mass is 305 g/mol. The number of nitrogens with one attached hydrogen (secondary N) is 3. The minimum Gasteiger partial charge on any atom is -0.357 e. The van der Waals surface area contributed by atoms with Crippen LogP contribution in [0.15, 0.2) is 47.8 Å². The van der Waals surface area contributed by atoms with E-state index < -0.39 is 0 Å². The highest BCUT2D eigenvalue weighted by Crippen LogP contribution is 2.08. The quantitative estimate of drug-likeness (QED) is 0.597. The van der Waals surface area contributed by atoms with Gasteiger partial charge in [-0.25, -0.2) is 0 Å². The number of hydrogen-bond donors (Lipinski definition) is 3. The van der Waals surface area contributed by atoms with Gasteiger partial charge in [-0.15, -0.1) is 11.3 Å². The van der Waals surface area contributed by atoms with E-state index in [1.165, 1.54) is 0 Å². The lowest BCUT2D eigenvalue weighted by Crippen LogP contribution is -2.46. The van der Waals surface area contributed by atoms with Crippen molar-refractivity contribution in [1.29, 1.82) is 0 Å². The predicted molar refractivity (Wildman–Crippen MR) is 85.2 cm³/mol. The molecule has 1 amide bonds. The third-order valence-electron chi connectivity index (χ3n) is 2.53. The van der Waals surface area contributed by atoms with Gasteiger partial charge in [-0.1, -0.05) is 36.4 Å². The Labute approximate surface area is 127 Å². The maximum Gasteiger partial charge on any atom is 0.243 e. The molecule has 0 saturated carbocycles. The summed E-state index contributed by atoms with van der Waals surface area (Å²) in [6.07, 6.45) is 0.353. The summed E-state index contributed by atoms with van der Waals surface area (Å²) in [4.78, 5) is 12.7. The second-order valence-electron chi connectivity index (χ2n) is 4.10. The van der Waals surface area contributed by atoms with Gasteiger partial charge in [-0.2, -0.15) is 0 Å². The van der Waals surface area contributed by atoms with Gasteiger partial charge in [0.1, 0.15) is 0 Å². The Balaban J connectivity index is 1.66. The molecule has 0 bridgehead atoms. The summed E-state index contributed by atoms with van der Waals surface area (Å²) in [5.41, 5.74) is 6.39. The largest absolute Gasteiger partial charge is 0.357 e. The molecule has 0 aliphatic heterocycles. The van der Waals surface area contributed by atoms with Crippen LogP contribution in [0.4, 0.5) is 0 Å². The molecule has 0 fully saturated rings. The normalized spacial score (nSPS) is 9.80. The molecule has 20 heavy (non-hydrogen) atoms. The summed E-state index contributed by atoms with van der Waals surface area (Å²) in [7, 11) is 0. The number of carbonyl (C=O) groups is 1. The van der Waals surface area contributed by atoms with Crippen LogP contribution in [0.1, 0.15) is 10.4 Å². The van der Waals surface area contributed by atoms with E-state index >= 15 is 0 Å². The lowest BCUT2D eigenvalue weighted by Gasteiger charge is -2.11. The van der Waals surface area contributed by atoms with Crippen LogP contribution in [0.5, 0.6) is 0 Å². The molecular formula is C14H15N3OS2. The van der Waals surface area contributed by atoms with E-state index in [-0.39, 0.29) is 5.91 Å². The summed E-state index contributed by atoms with van der Waals surface area (Å²) >= 11 is 6.64. The number of carbonyl (C=O) groups excluding carboxylic acids is 1. The Morgan fingerprint density at radius 2 is 1.90 bits per heavy atom. The van der Waals surface area contributed by atoms with Gasteiger partial charge in [-0.05, 0) is 29.2 Å². The third-order valence-corrected chi connectivity index (χ3v) is 3.65. The molecule has 0 atom stereocenters. The molecular weight excluding hydrogens is 290 g/mol. The van der Waals surface area contributed by atoms with Crippen LogP contribution in [0.25, 0.3) is 0 Å². The molecule has 4 nitrogen and oxygen atoms in total. The Hall–Kier alpha value is -1.92. The van der Waals surface area contributed by atoms with Gasteiger partial charge in [0.25, 0.3) is 0 Å². The second-order valence-corrected chi connectivity index (χ2v) is 5.54. The van der Waals surface area contributed by atoms with Crippen molar-refractivity contribution in [2.75, 3.05) is 0 Å². The van der Waals surface area contributed by atoms with Crippen LogP contribution >= 0.6 is 23.6 Å². The summed E-state index contributed by atoms with van der Waals surface area (Å²) in [6, 6.07) is 13.8. The van der Waals surface area contributed by atoms with E-state index in [0.29, 0.717) is 18.1 Å². The summed E-state index contributed by atoms with van der Waals surface area (Å²) < 4.78 is 0. The zero-order valence-corrected chi connectivity index (χ0v) is 12.4. The average Bonchev–Trinajstić information content (AvgIpc) is 2.97. The first-order chi connectivity index (χ1) is 9.74. The zero-order valence-electron chi connectivity index (χ0n) is 10.8. The number of thiocarbonyl (C=S) groups is 1. The Kier molecular flexibility index (Phi) is 5.52. The Morgan fingerprint density at radius 3 is 2.60 bits per heavy atom. The number of thiophene rings is 1. The van der Waals surface area contributed by atoms with Crippen molar-refractivity contribution in [2.24, 2.45) is 0 Å². The molecule has 2 aromatic rings. The molecule has 0 saturated heterocycles. The van der Waals surface area contributed by atoms with E-state index in [4.69, 9.17) is 12.2 Å². The van der Waals surface area contributed by atoms with Crippen molar-refractivity contribution in [3.63, 3.8) is 0 Å². The topological polar surface area (TPSA) is 53.2 Å². The molecule has 1 aromatic heterocycles. The van der Waals surface area contributed by atoms with Crippen molar-refractivity contribution >= 4 is 34.6 Å². The Bertz CT molecular complexity index is 555. The highest BCUT2D eigenvalue weighted by molar-refractivity contribution is 7.80. The minimum absolute atomic E-state index is 0.115. The Morgan fingerprint density at radius 1 is 1.10 bits per heavy atom. The molecule has 0 aliphatic carbocycles. The standard InChI is InChI=1S/C14H15N3OS2/c18-13(9-12-7-4-8-20-12)16-17-14(19)15-10-11-5-2-1-3-6-11/h1-8H,9-10H2,(H,16,18)(H2,15,17,19). The SMILES string of the molecule is O=C(Cc1cccs1)NNC(=S)NCc1ccccc1.